The normalized spacial score (nSPS) is 10.5. The van der Waals surface area contributed by atoms with Crippen molar-refractivity contribution in [3.8, 4) is 5.88 Å². The van der Waals surface area contributed by atoms with Gasteiger partial charge in [0.2, 0.25) is 5.88 Å². The molecule has 0 bridgehead atoms. The summed E-state index contributed by atoms with van der Waals surface area (Å²) >= 11 is 0. The highest BCUT2D eigenvalue weighted by atomic mass is 16.6. The van der Waals surface area contributed by atoms with Gasteiger partial charge >= 0.3 is 5.97 Å². The summed E-state index contributed by atoms with van der Waals surface area (Å²) in [6.45, 7) is 4.10. The second-order valence-corrected chi connectivity index (χ2v) is 3.88. The first-order valence-electron chi connectivity index (χ1n) is 5.54. The molecular formula is C11H14N2O6. The molecule has 8 nitrogen and oxygen atoms in total. The van der Waals surface area contributed by atoms with Gasteiger partial charge in [-0.05, 0) is 13.8 Å². The lowest BCUT2D eigenvalue weighted by Crippen LogP contribution is -2.13. The minimum absolute atomic E-state index is 0.0346. The summed E-state index contributed by atoms with van der Waals surface area (Å²) in [4.78, 5) is 24.4. The molecule has 0 spiro atoms. The van der Waals surface area contributed by atoms with Crippen LogP contribution in [0.2, 0.25) is 0 Å². The van der Waals surface area contributed by atoms with E-state index in [9.17, 15) is 14.9 Å². The number of rotatable bonds is 7. The third kappa shape index (κ3) is 4.51. The Balaban J connectivity index is 2.77. The van der Waals surface area contributed by atoms with E-state index in [1.54, 1.807) is 0 Å². The van der Waals surface area contributed by atoms with Crippen molar-refractivity contribution in [1.82, 2.24) is 4.98 Å². The van der Waals surface area contributed by atoms with Gasteiger partial charge in [-0.2, -0.15) is 0 Å². The van der Waals surface area contributed by atoms with Crippen molar-refractivity contribution >= 4 is 11.7 Å². The Kier molecular flexibility index (Phi) is 5.19. The molecule has 19 heavy (non-hydrogen) atoms. The van der Waals surface area contributed by atoms with Gasteiger partial charge in [-0.15, -0.1) is 0 Å². The number of carboxylic acids is 1. The molecule has 0 aliphatic heterocycles. The Morgan fingerprint density at radius 1 is 1.53 bits per heavy atom. The molecule has 0 aromatic carbocycles. The summed E-state index contributed by atoms with van der Waals surface area (Å²) in [5.74, 6) is -1.50. The minimum Gasteiger partial charge on any atom is -0.477 e. The molecule has 0 fully saturated rings. The van der Waals surface area contributed by atoms with Crippen LogP contribution in [0, 0.1) is 10.1 Å². The van der Waals surface area contributed by atoms with Crippen molar-refractivity contribution in [2.75, 3.05) is 13.2 Å². The van der Waals surface area contributed by atoms with E-state index >= 15 is 0 Å². The quantitative estimate of drug-likeness (QED) is 0.453. The van der Waals surface area contributed by atoms with Crippen molar-refractivity contribution in [2.24, 2.45) is 0 Å². The minimum atomic E-state index is -1.34. The molecule has 1 aromatic rings. The van der Waals surface area contributed by atoms with Crippen LogP contribution in [0.4, 0.5) is 5.69 Å². The molecule has 1 heterocycles. The highest BCUT2D eigenvalue weighted by Gasteiger charge is 2.18. The molecule has 1 rings (SSSR count). The molecular weight excluding hydrogens is 256 g/mol. The summed E-state index contributed by atoms with van der Waals surface area (Å²) in [5, 5.41) is 19.5. The van der Waals surface area contributed by atoms with E-state index in [1.165, 1.54) is 0 Å². The van der Waals surface area contributed by atoms with Gasteiger partial charge in [0.05, 0.1) is 17.6 Å². The van der Waals surface area contributed by atoms with Crippen molar-refractivity contribution in [3.05, 3.63) is 27.9 Å². The van der Waals surface area contributed by atoms with Crippen molar-refractivity contribution in [3.63, 3.8) is 0 Å². The monoisotopic (exact) mass is 270 g/mol. The lowest BCUT2D eigenvalue weighted by atomic mass is 10.2. The maximum atomic E-state index is 11.0. The first-order chi connectivity index (χ1) is 8.91. The highest BCUT2D eigenvalue weighted by Crippen LogP contribution is 2.20. The number of aromatic nitrogens is 1. The van der Waals surface area contributed by atoms with Crippen LogP contribution < -0.4 is 4.74 Å². The van der Waals surface area contributed by atoms with Crippen LogP contribution in [0.25, 0.3) is 0 Å². The van der Waals surface area contributed by atoms with Gasteiger partial charge in [0.25, 0.3) is 5.69 Å². The first-order valence-corrected chi connectivity index (χ1v) is 5.54. The van der Waals surface area contributed by atoms with E-state index in [2.05, 4.69) is 4.98 Å². The number of nitro groups is 1. The molecule has 1 N–H and O–H groups in total. The second kappa shape index (κ2) is 6.64. The number of pyridine rings is 1. The lowest BCUT2D eigenvalue weighted by Gasteiger charge is -2.09. The largest absolute Gasteiger partial charge is 0.477 e. The molecule has 0 aliphatic rings. The van der Waals surface area contributed by atoms with Gasteiger partial charge in [0, 0.05) is 6.07 Å². The van der Waals surface area contributed by atoms with Gasteiger partial charge in [0.15, 0.2) is 0 Å². The first kappa shape index (κ1) is 14.8. The standard InChI is InChI=1S/C11H14N2O6/c1-7(2)18-3-4-19-10-9(11(14)15)5-8(6-12-10)13(16)17/h5-7H,3-4H2,1-2H3,(H,14,15). The third-order valence-corrected chi connectivity index (χ3v) is 2.05. The van der Waals surface area contributed by atoms with Crippen LogP contribution in [0.1, 0.15) is 24.2 Å². The number of ether oxygens (including phenoxy) is 2. The number of hydrogen-bond donors (Lipinski definition) is 1. The van der Waals surface area contributed by atoms with Gasteiger partial charge in [-0.1, -0.05) is 0 Å². The van der Waals surface area contributed by atoms with Crippen LogP contribution >= 0.6 is 0 Å². The molecule has 0 unspecified atom stereocenters. The fraction of sp³-hybridized carbons (Fsp3) is 0.455. The average Bonchev–Trinajstić information content (AvgIpc) is 2.34. The van der Waals surface area contributed by atoms with Crippen molar-refractivity contribution in [1.29, 1.82) is 0 Å². The predicted molar refractivity (Wildman–Crippen MR) is 64.4 cm³/mol. The maximum absolute atomic E-state index is 11.0. The fourth-order valence-electron chi connectivity index (χ4n) is 1.23. The predicted octanol–water partition coefficient (Wildman–Crippen LogP) is 1.49. The van der Waals surface area contributed by atoms with Crippen LogP contribution in [0.3, 0.4) is 0 Å². The summed E-state index contributed by atoms with van der Waals surface area (Å²) in [5.41, 5.74) is -0.748. The summed E-state index contributed by atoms with van der Waals surface area (Å²) < 4.78 is 10.4. The summed E-state index contributed by atoms with van der Waals surface area (Å²) in [7, 11) is 0. The van der Waals surface area contributed by atoms with Crippen LogP contribution in [0.5, 0.6) is 5.88 Å². The zero-order valence-corrected chi connectivity index (χ0v) is 10.5. The van der Waals surface area contributed by atoms with Crippen LogP contribution in [-0.2, 0) is 4.74 Å². The number of aromatic carboxylic acids is 1. The second-order valence-electron chi connectivity index (χ2n) is 3.88. The Bertz CT molecular complexity index is 474. The third-order valence-electron chi connectivity index (χ3n) is 2.05. The van der Waals surface area contributed by atoms with Gasteiger partial charge in [-0.3, -0.25) is 10.1 Å². The van der Waals surface area contributed by atoms with E-state index in [1.807, 2.05) is 13.8 Å². The van der Waals surface area contributed by atoms with Crippen LogP contribution in [-0.4, -0.2) is 40.3 Å². The molecule has 0 aliphatic carbocycles. The molecule has 0 radical (unpaired) electrons. The number of carbonyl (C=O) groups is 1. The zero-order chi connectivity index (χ0) is 14.4. The molecule has 1 aromatic heterocycles. The Morgan fingerprint density at radius 2 is 2.21 bits per heavy atom. The fourth-order valence-corrected chi connectivity index (χ4v) is 1.23. The molecule has 0 amide bonds. The number of carboxylic acid groups (broad SMARTS) is 1. The number of nitrogens with zero attached hydrogens (tertiary/aromatic N) is 2. The molecule has 8 heteroatoms. The zero-order valence-electron chi connectivity index (χ0n) is 10.5. The topological polar surface area (TPSA) is 112 Å². The highest BCUT2D eigenvalue weighted by molar-refractivity contribution is 5.90. The van der Waals surface area contributed by atoms with Gasteiger partial charge < -0.3 is 14.6 Å². The van der Waals surface area contributed by atoms with E-state index < -0.39 is 16.6 Å². The van der Waals surface area contributed by atoms with Gasteiger partial charge in [-0.25, -0.2) is 9.78 Å². The smallest absolute Gasteiger partial charge is 0.341 e. The van der Waals surface area contributed by atoms with E-state index in [-0.39, 0.29) is 30.8 Å². The summed E-state index contributed by atoms with van der Waals surface area (Å²) in [6, 6.07) is 0.911. The average molecular weight is 270 g/mol. The van der Waals surface area contributed by atoms with E-state index in [0.717, 1.165) is 12.3 Å². The number of hydrogen-bond acceptors (Lipinski definition) is 6. The van der Waals surface area contributed by atoms with E-state index in [0.29, 0.717) is 0 Å². The molecule has 0 saturated carbocycles. The van der Waals surface area contributed by atoms with E-state index in [4.69, 9.17) is 14.6 Å². The molecule has 104 valence electrons. The lowest BCUT2D eigenvalue weighted by molar-refractivity contribution is -0.385. The maximum Gasteiger partial charge on any atom is 0.341 e. The Hall–Kier alpha value is -2.22. The Labute approximate surface area is 109 Å². The molecule has 0 saturated heterocycles. The van der Waals surface area contributed by atoms with Gasteiger partial charge in [0.1, 0.15) is 18.4 Å². The van der Waals surface area contributed by atoms with Crippen LogP contribution in [0.15, 0.2) is 12.3 Å². The summed E-state index contributed by atoms with van der Waals surface area (Å²) in [6.07, 6.45) is 0.984. The van der Waals surface area contributed by atoms with Crippen molar-refractivity contribution in [2.45, 2.75) is 20.0 Å². The Morgan fingerprint density at radius 3 is 2.74 bits per heavy atom. The molecule has 0 atom stereocenters. The SMILES string of the molecule is CC(C)OCCOc1ncc([N+](=O)[O-])cc1C(=O)O. The van der Waals surface area contributed by atoms with Crippen molar-refractivity contribution < 1.29 is 24.3 Å².